The van der Waals surface area contributed by atoms with E-state index in [2.05, 4.69) is 26.7 Å². The number of aryl methyl sites for hydroxylation is 1. The van der Waals surface area contributed by atoms with Crippen LogP contribution in [0.2, 0.25) is 0 Å². The maximum atomic E-state index is 5.61. The summed E-state index contributed by atoms with van der Waals surface area (Å²) in [5.74, 6) is 3.58. The Labute approximate surface area is 197 Å². The minimum absolute atomic E-state index is 0.302. The first-order valence-electron chi connectivity index (χ1n) is 11.7. The minimum atomic E-state index is 0.302. The fraction of sp³-hybridized carbons (Fsp3) is 0.462. The fourth-order valence-corrected chi connectivity index (χ4v) is 4.40. The Balaban J connectivity index is 0.000000194. The van der Waals surface area contributed by atoms with Gasteiger partial charge < -0.3 is 25.8 Å². The van der Waals surface area contributed by atoms with Crippen LogP contribution >= 0.6 is 0 Å². The van der Waals surface area contributed by atoms with Gasteiger partial charge in [0.2, 0.25) is 5.95 Å². The predicted octanol–water partition coefficient (Wildman–Crippen LogP) is 4.94. The Hall–Kier alpha value is -3.06. The highest BCUT2D eigenvalue weighted by Gasteiger charge is 2.14. The minimum Gasteiger partial charge on any atom is -0.493 e. The molecule has 1 aliphatic carbocycles. The molecule has 3 aromatic rings. The molecule has 0 saturated heterocycles. The molecule has 1 aromatic heterocycles. The molecular weight excluding hydrogens is 414 g/mol. The van der Waals surface area contributed by atoms with Crippen LogP contribution in [0.25, 0.3) is 10.9 Å². The van der Waals surface area contributed by atoms with Crippen LogP contribution in [0.4, 0.5) is 11.8 Å². The van der Waals surface area contributed by atoms with Gasteiger partial charge in [-0.05, 0) is 49.9 Å². The second-order valence-electron chi connectivity index (χ2n) is 8.44. The number of nitrogens with one attached hydrogen (secondary N) is 2. The van der Waals surface area contributed by atoms with Crippen LogP contribution in [0.5, 0.6) is 11.5 Å². The summed E-state index contributed by atoms with van der Waals surface area (Å²) in [6.07, 6.45) is 6.97. The third kappa shape index (κ3) is 6.48. The topological polar surface area (TPSA) is 94.3 Å². The number of nitrogen functional groups attached to an aromatic ring is 1. The number of nitrogens with zero attached hydrogens (tertiary/aromatic N) is 2. The molecule has 1 fully saturated rings. The summed E-state index contributed by atoms with van der Waals surface area (Å²) in [6, 6.07) is 12.0. The largest absolute Gasteiger partial charge is 0.493 e. The zero-order valence-corrected chi connectivity index (χ0v) is 20.3. The van der Waals surface area contributed by atoms with E-state index in [1.54, 1.807) is 14.2 Å². The highest BCUT2D eigenvalue weighted by Crippen LogP contribution is 2.30. The van der Waals surface area contributed by atoms with Crippen LogP contribution in [0.3, 0.4) is 0 Å². The van der Waals surface area contributed by atoms with E-state index in [0.29, 0.717) is 5.95 Å². The van der Waals surface area contributed by atoms with E-state index < -0.39 is 0 Å². The molecule has 0 spiro atoms. The number of anilines is 2. The summed E-state index contributed by atoms with van der Waals surface area (Å²) < 4.78 is 10.8. The van der Waals surface area contributed by atoms with Crippen molar-refractivity contribution >= 4 is 22.7 Å². The van der Waals surface area contributed by atoms with Crippen LogP contribution in [0.15, 0.2) is 36.4 Å². The lowest BCUT2D eigenvalue weighted by molar-refractivity contribution is 0.336. The quantitative estimate of drug-likeness (QED) is 0.468. The molecule has 1 heterocycles. The van der Waals surface area contributed by atoms with Crippen molar-refractivity contribution < 1.29 is 9.47 Å². The second-order valence-corrected chi connectivity index (χ2v) is 8.44. The van der Waals surface area contributed by atoms with Crippen molar-refractivity contribution in [2.45, 2.75) is 45.6 Å². The van der Waals surface area contributed by atoms with E-state index in [9.17, 15) is 0 Å². The van der Waals surface area contributed by atoms with Crippen molar-refractivity contribution in [1.82, 2.24) is 15.3 Å². The summed E-state index contributed by atoms with van der Waals surface area (Å²) in [5.41, 5.74) is 8.78. The summed E-state index contributed by atoms with van der Waals surface area (Å²) in [5, 5.41) is 7.57. The SMILES string of the molecule is CNc1nc(N)nc2c(C)cccc12.COc1cccc(CNCC2CCCCC2)c1OC. The molecular formula is C26H37N5O2. The second kappa shape index (κ2) is 12.3. The summed E-state index contributed by atoms with van der Waals surface area (Å²) in [4.78, 5) is 8.33. The lowest BCUT2D eigenvalue weighted by Gasteiger charge is -2.22. The van der Waals surface area contributed by atoms with Gasteiger partial charge in [-0.15, -0.1) is 0 Å². The lowest BCUT2D eigenvalue weighted by Crippen LogP contribution is -2.24. The van der Waals surface area contributed by atoms with E-state index in [0.717, 1.165) is 58.4 Å². The third-order valence-corrected chi connectivity index (χ3v) is 6.14. The summed E-state index contributed by atoms with van der Waals surface area (Å²) in [6.45, 7) is 3.96. The van der Waals surface area contributed by atoms with Gasteiger partial charge in [-0.2, -0.15) is 4.98 Å². The smallest absolute Gasteiger partial charge is 0.222 e. The van der Waals surface area contributed by atoms with Gasteiger partial charge in [-0.25, -0.2) is 4.98 Å². The Kier molecular flexibility index (Phi) is 9.13. The molecule has 1 aliphatic rings. The highest BCUT2D eigenvalue weighted by molar-refractivity contribution is 5.91. The molecule has 0 atom stereocenters. The normalized spacial score (nSPS) is 13.8. The molecule has 0 radical (unpaired) electrons. The lowest BCUT2D eigenvalue weighted by atomic mass is 9.89. The number of hydrogen-bond acceptors (Lipinski definition) is 7. The molecule has 33 heavy (non-hydrogen) atoms. The van der Waals surface area contributed by atoms with Gasteiger partial charge in [0.25, 0.3) is 0 Å². The molecule has 4 rings (SSSR count). The van der Waals surface area contributed by atoms with Crippen LogP contribution in [0, 0.1) is 12.8 Å². The number of rotatable bonds is 7. The molecule has 0 amide bonds. The van der Waals surface area contributed by atoms with E-state index in [1.165, 1.54) is 32.1 Å². The zero-order valence-electron chi connectivity index (χ0n) is 20.3. The van der Waals surface area contributed by atoms with Crippen molar-refractivity contribution in [1.29, 1.82) is 0 Å². The maximum absolute atomic E-state index is 5.61. The maximum Gasteiger partial charge on any atom is 0.222 e. The van der Waals surface area contributed by atoms with Gasteiger partial charge in [-0.3, -0.25) is 0 Å². The van der Waals surface area contributed by atoms with Gasteiger partial charge in [0.15, 0.2) is 11.5 Å². The number of para-hydroxylation sites is 2. The third-order valence-electron chi connectivity index (χ3n) is 6.14. The Morgan fingerprint density at radius 3 is 2.45 bits per heavy atom. The molecule has 178 valence electrons. The average molecular weight is 452 g/mol. The first kappa shape index (κ1) is 24.6. The molecule has 0 aliphatic heterocycles. The summed E-state index contributed by atoms with van der Waals surface area (Å²) in [7, 11) is 5.20. The van der Waals surface area contributed by atoms with Crippen molar-refractivity contribution in [3.63, 3.8) is 0 Å². The number of ether oxygens (including phenoxy) is 2. The van der Waals surface area contributed by atoms with Crippen molar-refractivity contribution in [2.24, 2.45) is 5.92 Å². The van der Waals surface area contributed by atoms with Crippen molar-refractivity contribution in [3.05, 3.63) is 47.5 Å². The molecule has 7 nitrogen and oxygen atoms in total. The predicted molar refractivity (Wildman–Crippen MR) is 136 cm³/mol. The monoisotopic (exact) mass is 451 g/mol. The molecule has 7 heteroatoms. The van der Waals surface area contributed by atoms with Crippen LogP contribution in [-0.4, -0.2) is 37.8 Å². The highest BCUT2D eigenvalue weighted by atomic mass is 16.5. The molecule has 2 aromatic carbocycles. The summed E-state index contributed by atoms with van der Waals surface area (Å²) >= 11 is 0. The number of fused-ring (bicyclic) bond motifs is 1. The Morgan fingerprint density at radius 2 is 1.76 bits per heavy atom. The Bertz CT molecular complexity index is 1030. The van der Waals surface area contributed by atoms with Gasteiger partial charge in [0.1, 0.15) is 5.82 Å². The fourth-order valence-electron chi connectivity index (χ4n) is 4.40. The van der Waals surface area contributed by atoms with Crippen molar-refractivity contribution in [2.75, 3.05) is 38.9 Å². The van der Waals surface area contributed by atoms with Gasteiger partial charge in [0, 0.05) is 24.5 Å². The zero-order chi connectivity index (χ0) is 23.6. The van der Waals surface area contributed by atoms with Crippen LogP contribution in [-0.2, 0) is 6.54 Å². The van der Waals surface area contributed by atoms with Gasteiger partial charge >= 0.3 is 0 Å². The van der Waals surface area contributed by atoms with Crippen molar-refractivity contribution in [3.8, 4) is 11.5 Å². The molecule has 4 N–H and O–H groups in total. The van der Waals surface area contributed by atoms with Crippen LogP contribution < -0.4 is 25.8 Å². The average Bonchev–Trinajstić information content (AvgIpc) is 2.85. The number of methoxy groups -OCH3 is 2. The number of hydrogen-bond donors (Lipinski definition) is 3. The van der Waals surface area contributed by atoms with E-state index >= 15 is 0 Å². The number of nitrogens with two attached hydrogens (primary N) is 1. The molecule has 1 saturated carbocycles. The Morgan fingerprint density at radius 1 is 1.00 bits per heavy atom. The standard InChI is InChI=1S/C16H25NO2.C10H12N4/c1-18-15-10-6-9-14(16(15)19-2)12-17-11-13-7-4-3-5-8-13;1-6-4-3-5-7-8(6)13-10(11)14-9(7)12-2/h6,9-10,13,17H,3-5,7-8,11-12H2,1-2H3;3-5H,1-2H3,(H3,11,12,13,14). The van der Waals surface area contributed by atoms with E-state index in [1.807, 2.05) is 44.3 Å². The first-order chi connectivity index (χ1) is 16.1. The molecule has 0 bridgehead atoms. The van der Waals surface area contributed by atoms with E-state index in [-0.39, 0.29) is 0 Å². The van der Waals surface area contributed by atoms with Crippen LogP contribution in [0.1, 0.15) is 43.2 Å². The van der Waals surface area contributed by atoms with Gasteiger partial charge in [0.05, 0.1) is 19.7 Å². The first-order valence-corrected chi connectivity index (χ1v) is 11.7. The number of aromatic nitrogens is 2. The van der Waals surface area contributed by atoms with E-state index in [4.69, 9.17) is 15.2 Å². The van der Waals surface area contributed by atoms with Gasteiger partial charge in [-0.1, -0.05) is 43.5 Å². The molecule has 0 unspecified atom stereocenters. The number of benzene rings is 2.